The van der Waals surface area contributed by atoms with Crippen LogP contribution in [-0.2, 0) is 4.74 Å². The molecule has 0 aliphatic carbocycles. The molecule has 2 N–H and O–H groups in total. The van der Waals surface area contributed by atoms with Crippen molar-refractivity contribution in [2.45, 2.75) is 19.8 Å². The predicted octanol–water partition coefficient (Wildman–Crippen LogP) is 1.06. The molecule has 1 aromatic rings. The van der Waals surface area contributed by atoms with Crippen LogP contribution < -0.4 is 10.6 Å². The Labute approximate surface area is 107 Å². The zero-order valence-corrected chi connectivity index (χ0v) is 10.9. The normalized spacial score (nSPS) is 10.1. The van der Waals surface area contributed by atoms with E-state index in [2.05, 4.69) is 20.6 Å². The minimum Gasteiger partial charge on any atom is -0.385 e. The highest BCUT2D eigenvalue weighted by Crippen LogP contribution is 2.00. The summed E-state index contributed by atoms with van der Waals surface area (Å²) in [6, 6.07) is 0. The predicted molar refractivity (Wildman–Crippen MR) is 69.6 cm³/mol. The lowest BCUT2D eigenvalue weighted by atomic mass is 10.3. The first-order valence-electron chi connectivity index (χ1n) is 6.11. The monoisotopic (exact) mass is 252 g/mol. The molecule has 1 aromatic heterocycles. The van der Waals surface area contributed by atoms with E-state index in [0.29, 0.717) is 24.7 Å². The van der Waals surface area contributed by atoms with E-state index in [0.717, 1.165) is 19.4 Å². The van der Waals surface area contributed by atoms with E-state index in [1.54, 1.807) is 7.11 Å². The van der Waals surface area contributed by atoms with Gasteiger partial charge >= 0.3 is 0 Å². The molecule has 18 heavy (non-hydrogen) atoms. The van der Waals surface area contributed by atoms with Crippen LogP contribution in [0.3, 0.4) is 0 Å². The van der Waals surface area contributed by atoms with Crippen LogP contribution in [0.1, 0.15) is 30.1 Å². The first-order valence-corrected chi connectivity index (χ1v) is 6.11. The Morgan fingerprint density at radius 1 is 1.33 bits per heavy atom. The number of amides is 1. The molecule has 0 saturated heterocycles. The maximum absolute atomic E-state index is 11.6. The van der Waals surface area contributed by atoms with Gasteiger partial charge in [-0.05, 0) is 12.8 Å². The molecule has 0 spiro atoms. The van der Waals surface area contributed by atoms with E-state index >= 15 is 0 Å². The van der Waals surface area contributed by atoms with Gasteiger partial charge in [-0.25, -0.2) is 9.97 Å². The summed E-state index contributed by atoms with van der Waals surface area (Å²) in [6.07, 6.45) is 4.84. The number of nitrogens with one attached hydrogen (secondary N) is 2. The summed E-state index contributed by atoms with van der Waals surface area (Å²) in [5.74, 6) is 0.390. The minimum atomic E-state index is -0.136. The van der Waals surface area contributed by atoms with E-state index in [1.165, 1.54) is 12.4 Å². The standard InChI is InChI=1S/C12H20N4O2/c1-3-5-13-11(17)10-8-15-12(16-9-10)14-6-4-7-18-2/h8-9H,3-7H2,1-2H3,(H,13,17)(H,14,15,16). The number of nitrogens with zero attached hydrogens (tertiary/aromatic N) is 2. The Morgan fingerprint density at radius 2 is 2.06 bits per heavy atom. The van der Waals surface area contributed by atoms with Crippen LogP contribution in [-0.4, -0.2) is 42.7 Å². The molecule has 100 valence electrons. The molecule has 6 nitrogen and oxygen atoms in total. The molecule has 0 saturated carbocycles. The van der Waals surface area contributed by atoms with Gasteiger partial charge in [0.15, 0.2) is 0 Å². The Bertz CT molecular complexity index is 354. The number of ether oxygens (including phenoxy) is 1. The summed E-state index contributed by atoms with van der Waals surface area (Å²) >= 11 is 0. The second-order valence-electron chi connectivity index (χ2n) is 3.82. The lowest BCUT2D eigenvalue weighted by molar-refractivity contribution is 0.0953. The summed E-state index contributed by atoms with van der Waals surface area (Å²) in [5, 5.41) is 5.83. The highest BCUT2D eigenvalue weighted by molar-refractivity contribution is 5.93. The fraction of sp³-hybridized carbons (Fsp3) is 0.583. The summed E-state index contributed by atoms with van der Waals surface area (Å²) in [4.78, 5) is 19.7. The lowest BCUT2D eigenvalue weighted by Gasteiger charge is -2.05. The number of aromatic nitrogens is 2. The van der Waals surface area contributed by atoms with Crippen molar-refractivity contribution in [2.75, 3.05) is 32.1 Å². The molecule has 1 heterocycles. The van der Waals surface area contributed by atoms with Crippen LogP contribution in [0.5, 0.6) is 0 Å². The molecule has 0 aliphatic rings. The zero-order chi connectivity index (χ0) is 13.2. The van der Waals surface area contributed by atoms with E-state index in [4.69, 9.17) is 4.74 Å². The average molecular weight is 252 g/mol. The molecule has 0 aromatic carbocycles. The summed E-state index contributed by atoms with van der Waals surface area (Å²) in [5.41, 5.74) is 0.478. The van der Waals surface area contributed by atoms with Crippen LogP contribution in [0.2, 0.25) is 0 Å². The lowest BCUT2D eigenvalue weighted by Crippen LogP contribution is -2.24. The third-order valence-electron chi connectivity index (χ3n) is 2.26. The van der Waals surface area contributed by atoms with E-state index in [1.807, 2.05) is 6.92 Å². The first-order chi connectivity index (χ1) is 8.77. The van der Waals surface area contributed by atoms with Crippen molar-refractivity contribution in [3.8, 4) is 0 Å². The van der Waals surface area contributed by atoms with Crippen LogP contribution in [0, 0.1) is 0 Å². The van der Waals surface area contributed by atoms with E-state index in [-0.39, 0.29) is 5.91 Å². The Balaban J connectivity index is 2.39. The highest BCUT2D eigenvalue weighted by Gasteiger charge is 2.05. The van der Waals surface area contributed by atoms with Crippen molar-refractivity contribution in [3.05, 3.63) is 18.0 Å². The average Bonchev–Trinajstić information content (AvgIpc) is 2.41. The second-order valence-corrected chi connectivity index (χ2v) is 3.82. The van der Waals surface area contributed by atoms with Gasteiger partial charge in [0.1, 0.15) is 0 Å². The van der Waals surface area contributed by atoms with Crippen LogP contribution in [0.25, 0.3) is 0 Å². The molecule has 6 heteroatoms. The molecule has 1 amide bonds. The molecule has 0 fully saturated rings. The zero-order valence-electron chi connectivity index (χ0n) is 10.9. The quantitative estimate of drug-likeness (QED) is 0.677. The summed E-state index contributed by atoms with van der Waals surface area (Å²) < 4.78 is 4.93. The molecule has 0 atom stereocenters. The summed E-state index contributed by atoms with van der Waals surface area (Å²) in [6.45, 7) is 4.11. The van der Waals surface area contributed by atoms with Gasteiger partial charge < -0.3 is 15.4 Å². The largest absolute Gasteiger partial charge is 0.385 e. The minimum absolute atomic E-state index is 0.136. The van der Waals surface area contributed by atoms with Crippen LogP contribution >= 0.6 is 0 Å². The van der Waals surface area contributed by atoms with E-state index in [9.17, 15) is 4.79 Å². The smallest absolute Gasteiger partial charge is 0.254 e. The number of methoxy groups -OCH3 is 1. The van der Waals surface area contributed by atoms with Gasteiger partial charge in [-0.1, -0.05) is 6.92 Å². The van der Waals surface area contributed by atoms with Crippen LogP contribution in [0.4, 0.5) is 5.95 Å². The van der Waals surface area contributed by atoms with Gasteiger partial charge in [-0.15, -0.1) is 0 Å². The van der Waals surface area contributed by atoms with Gasteiger partial charge in [-0.3, -0.25) is 4.79 Å². The van der Waals surface area contributed by atoms with E-state index < -0.39 is 0 Å². The van der Waals surface area contributed by atoms with Crippen molar-refractivity contribution >= 4 is 11.9 Å². The fourth-order valence-corrected chi connectivity index (χ4v) is 1.29. The third kappa shape index (κ3) is 5.09. The molecular weight excluding hydrogens is 232 g/mol. The van der Waals surface area contributed by atoms with Crippen molar-refractivity contribution in [1.82, 2.24) is 15.3 Å². The number of anilines is 1. The van der Waals surface area contributed by atoms with Crippen molar-refractivity contribution in [1.29, 1.82) is 0 Å². The van der Waals surface area contributed by atoms with Crippen molar-refractivity contribution in [3.63, 3.8) is 0 Å². The molecule has 0 bridgehead atoms. The maximum Gasteiger partial charge on any atom is 0.254 e. The first kappa shape index (κ1) is 14.4. The number of carbonyl (C=O) groups is 1. The Morgan fingerprint density at radius 3 is 2.67 bits per heavy atom. The number of rotatable bonds is 8. The summed E-state index contributed by atoms with van der Waals surface area (Å²) in [7, 11) is 1.67. The van der Waals surface area contributed by atoms with Gasteiger partial charge in [0, 0.05) is 39.2 Å². The number of carbonyl (C=O) groups excluding carboxylic acids is 1. The van der Waals surface area contributed by atoms with Gasteiger partial charge in [-0.2, -0.15) is 0 Å². The van der Waals surface area contributed by atoms with Gasteiger partial charge in [0.25, 0.3) is 5.91 Å². The Hall–Kier alpha value is -1.69. The number of hydrogen-bond donors (Lipinski definition) is 2. The molecule has 0 radical (unpaired) electrons. The molecular formula is C12H20N4O2. The molecule has 1 rings (SSSR count). The number of hydrogen-bond acceptors (Lipinski definition) is 5. The SMILES string of the molecule is CCCNC(=O)c1cnc(NCCCOC)nc1. The van der Waals surface area contributed by atoms with Gasteiger partial charge in [0.05, 0.1) is 5.56 Å². The molecule has 0 unspecified atom stereocenters. The third-order valence-corrected chi connectivity index (χ3v) is 2.26. The van der Waals surface area contributed by atoms with Crippen molar-refractivity contribution < 1.29 is 9.53 Å². The van der Waals surface area contributed by atoms with Crippen molar-refractivity contribution in [2.24, 2.45) is 0 Å². The highest BCUT2D eigenvalue weighted by atomic mass is 16.5. The molecule has 0 aliphatic heterocycles. The fourth-order valence-electron chi connectivity index (χ4n) is 1.29. The Kier molecular flexibility index (Phi) is 6.71. The van der Waals surface area contributed by atoms with Gasteiger partial charge in [0.2, 0.25) is 5.95 Å². The second kappa shape index (κ2) is 8.41. The topological polar surface area (TPSA) is 76.1 Å². The maximum atomic E-state index is 11.6. The van der Waals surface area contributed by atoms with Crippen LogP contribution in [0.15, 0.2) is 12.4 Å².